The molecule has 30 heavy (non-hydrogen) atoms. The van der Waals surface area contributed by atoms with E-state index < -0.39 is 0 Å². The summed E-state index contributed by atoms with van der Waals surface area (Å²) < 4.78 is 0. The first-order chi connectivity index (χ1) is 14.3. The molecule has 0 N–H and O–H groups in total. The zero-order valence-corrected chi connectivity index (χ0v) is 21.0. The van der Waals surface area contributed by atoms with Gasteiger partial charge in [0.05, 0.1) is 0 Å². The molecular weight excluding hydrogens is 379 g/mol. The first-order valence-electron chi connectivity index (χ1n) is 13.1. The largest absolute Gasteiger partial charge is 0.0900 e. The van der Waals surface area contributed by atoms with Crippen molar-refractivity contribution in [2.75, 3.05) is 0 Å². The molecule has 166 valence electrons. The van der Waals surface area contributed by atoms with Crippen LogP contribution in [0.15, 0.2) is 30.3 Å². The molecule has 4 atom stereocenters. The average Bonchev–Trinajstić information content (AvgIpc) is 2.64. The van der Waals surface area contributed by atoms with Gasteiger partial charge in [0.1, 0.15) is 0 Å². The third-order valence-electron chi connectivity index (χ3n) is 9.68. The zero-order valence-electron chi connectivity index (χ0n) is 20.1. The minimum Gasteiger partial charge on any atom is -0.0900 e. The van der Waals surface area contributed by atoms with E-state index in [0.29, 0.717) is 10.3 Å². The highest BCUT2D eigenvalue weighted by Gasteiger charge is 2.53. The molecule has 0 nitrogen and oxygen atoms in total. The van der Waals surface area contributed by atoms with Crippen LogP contribution in [0.1, 0.15) is 97.5 Å². The van der Waals surface area contributed by atoms with Crippen LogP contribution >= 0.6 is 7.92 Å². The van der Waals surface area contributed by atoms with Crippen molar-refractivity contribution in [1.29, 1.82) is 0 Å². The van der Waals surface area contributed by atoms with Crippen LogP contribution < -0.4 is 0 Å². The van der Waals surface area contributed by atoms with Crippen LogP contribution in [-0.4, -0.2) is 10.3 Å². The molecule has 0 aliphatic heterocycles. The lowest BCUT2D eigenvalue weighted by atomic mass is 9.64. The van der Waals surface area contributed by atoms with E-state index in [1.807, 2.05) is 0 Å². The van der Waals surface area contributed by atoms with Crippen molar-refractivity contribution in [2.24, 2.45) is 35.5 Å². The summed E-state index contributed by atoms with van der Waals surface area (Å²) in [5.41, 5.74) is 1.62. The van der Waals surface area contributed by atoms with Crippen LogP contribution in [0.25, 0.3) is 0 Å². The molecule has 1 aromatic rings. The van der Waals surface area contributed by atoms with E-state index in [0.717, 1.165) is 35.5 Å². The summed E-state index contributed by atoms with van der Waals surface area (Å²) in [6.07, 6.45) is 16.7. The Hall–Kier alpha value is -0.350. The first kappa shape index (κ1) is 21.5. The lowest BCUT2D eigenvalue weighted by Crippen LogP contribution is -2.47. The van der Waals surface area contributed by atoms with Crippen molar-refractivity contribution in [3.05, 3.63) is 35.9 Å². The molecule has 1 aromatic carbocycles. The van der Waals surface area contributed by atoms with Crippen molar-refractivity contribution < 1.29 is 0 Å². The van der Waals surface area contributed by atoms with Gasteiger partial charge in [0.25, 0.3) is 0 Å². The minimum absolute atomic E-state index is 0.0160. The summed E-state index contributed by atoms with van der Waals surface area (Å²) in [4.78, 5) is 0. The molecule has 1 heteroatoms. The molecule has 4 bridgehead atoms. The van der Waals surface area contributed by atoms with E-state index >= 15 is 0 Å². The quantitative estimate of drug-likeness (QED) is 0.423. The average molecular weight is 425 g/mol. The van der Waals surface area contributed by atoms with Crippen LogP contribution in [0.4, 0.5) is 0 Å². The fourth-order valence-electron chi connectivity index (χ4n) is 9.36. The second-order valence-electron chi connectivity index (χ2n) is 13.0. The lowest BCUT2D eigenvalue weighted by molar-refractivity contribution is 0.109. The van der Waals surface area contributed by atoms with Crippen molar-refractivity contribution in [1.82, 2.24) is 0 Å². The van der Waals surface area contributed by atoms with E-state index in [9.17, 15) is 0 Å². The molecule has 4 unspecified atom stereocenters. The molecule has 4 aliphatic carbocycles. The fourth-order valence-corrected chi connectivity index (χ4v) is 13.9. The molecule has 0 heterocycles. The Morgan fingerprint density at radius 2 is 1.07 bits per heavy atom. The number of fused-ring (bicyclic) bond motifs is 4. The van der Waals surface area contributed by atoms with Gasteiger partial charge in [-0.05, 0) is 122 Å². The van der Waals surface area contributed by atoms with Gasteiger partial charge in [-0.25, -0.2) is 0 Å². The zero-order chi connectivity index (χ0) is 20.9. The molecule has 0 spiro atoms. The first-order valence-corrected chi connectivity index (χ1v) is 14.7. The maximum Gasteiger partial charge on any atom is -0.00633 e. The van der Waals surface area contributed by atoms with Crippen LogP contribution in [0.5, 0.6) is 0 Å². The van der Waals surface area contributed by atoms with Crippen LogP contribution in [0.2, 0.25) is 0 Å². The van der Waals surface area contributed by atoms with Crippen molar-refractivity contribution in [3.63, 3.8) is 0 Å². The smallest absolute Gasteiger partial charge is 0.00633 e. The van der Waals surface area contributed by atoms with Crippen molar-refractivity contribution in [3.8, 4) is 0 Å². The van der Waals surface area contributed by atoms with Gasteiger partial charge in [-0.2, -0.15) is 0 Å². The van der Waals surface area contributed by atoms with Gasteiger partial charge >= 0.3 is 0 Å². The summed E-state index contributed by atoms with van der Waals surface area (Å²) in [5, 5.41) is 1.20. The summed E-state index contributed by atoms with van der Waals surface area (Å²) in [7, 11) is -0.0160. The van der Waals surface area contributed by atoms with E-state index in [-0.39, 0.29) is 7.92 Å². The maximum absolute atomic E-state index is 2.77. The van der Waals surface area contributed by atoms with Gasteiger partial charge in [0.15, 0.2) is 0 Å². The monoisotopic (exact) mass is 424 g/mol. The summed E-state index contributed by atoms with van der Waals surface area (Å²) >= 11 is 0. The maximum atomic E-state index is 2.77. The normalized spacial score (nSPS) is 46.9. The molecule has 4 aliphatic rings. The Balaban J connectivity index is 1.46. The molecule has 0 radical (unpaired) electrons. The number of rotatable bonds is 4. The summed E-state index contributed by atoms with van der Waals surface area (Å²) in [6.45, 7) is 10.6. The lowest BCUT2D eigenvalue weighted by Gasteiger charge is -2.59. The highest BCUT2D eigenvalue weighted by molar-refractivity contribution is 7.60. The predicted octanol–water partition coefficient (Wildman–Crippen LogP) is 8.88. The number of hydrogen-bond acceptors (Lipinski definition) is 0. The molecule has 4 fully saturated rings. The molecule has 0 aromatic heterocycles. The summed E-state index contributed by atoms with van der Waals surface area (Å²) in [6, 6.07) is 11.6. The number of benzene rings is 1. The van der Waals surface area contributed by atoms with Crippen LogP contribution in [0.3, 0.4) is 0 Å². The fraction of sp³-hybridized carbons (Fsp3) is 0.793. The van der Waals surface area contributed by atoms with Gasteiger partial charge < -0.3 is 0 Å². The van der Waals surface area contributed by atoms with Gasteiger partial charge in [-0.3, -0.25) is 0 Å². The highest BCUT2D eigenvalue weighted by Crippen LogP contribution is 2.72. The van der Waals surface area contributed by atoms with Crippen LogP contribution in [-0.2, 0) is 6.16 Å². The van der Waals surface area contributed by atoms with E-state index in [2.05, 4.69) is 58.0 Å². The SMILES string of the molecule is CC1CC2CC(C1)CC(C)(P(Cc1ccccc1)C1(C)CC3CC(C)CC(C3)C1)C2. The van der Waals surface area contributed by atoms with Crippen molar-refractivity contribution >= 4 is 7.92 Å². The van der Waals surface area contributed by atoms with Crippen LogP contribution in [0, 0.1) is 35.5 Å². The van der Waals surface area contributed by atoms with Gasteiger partial charge in [0, 0.05) is 0 Å². The second-order valence-corrected chi connectivity index (χ2v) is 16.3. The van der Waals surface area contributed by atoms with Gasteiger partial charge in [-0.15, -0.1) is 0 Å². The van der Waals surface area contributed by atoms with E-state index in [4.69, 9.17) is 0 Å². The highest BCUT2D eigenvalue weighted by atomic mass is 31.1. The Morgan fingerprint density at radius 1 is 0.667 bits per heavy atom. The Bertz CT molecular complexity index is 645. The van der Waals surface area contributed by atoms with Crippen molar-refractivity contribution in [2.45, 2.75) is 108 Å². The Labute approximate surface area is 187 Å². The van der Waals surface area contributed by atoms with E-state index in [1.165, 1.54) is 57.5 Å². The standard InChI is InChI=1S/C29H45P/c1-21-10-24-14-25(11-21)17-28(3,16-24)30(20-23-8-6-5-7-9-23)29(4)18-26-12-22(2)13-27(15-26)19-29/h5-9,21-22,24-27H,10-20H2,1-4H3. The Morgan fingerprint density at radius 3 is 1.47 bits per heavy atom. The predicted molar refractivity (Wildman–Crippen MR) is 132 cm³/mol. The minimum atomic E-state index is -0.0160. The topological polar surface area (TPSA) is 0 Å². The van der Waals surface area contributed by atoms with E-state index in [1.54, 1.807) is 18.4 Å². The third-order valence-corrected chi connectivity index (χ3v) is 13.7. The third kappa shape index (κ3) is 4.29. The molecular formula is C29H45P. The molecule has 5 rings (SSSR count). The molecule has 0 saturated heterocycles. The summed E-state index contributed by atoms with van der Waals surface area (Å²) in [5.74, 6) is 6.03. The Kier molecular flexibility index (Phi) is 5.88. The second kappa shape index (κ2) is 8.21. The molecule has 4 saturated carbocycles. The number of hydrogen-bond donors (Lipinski definition) is 0. The van der Waals surface area contributed by atoms with Gasteiger partial charge in [-0.1, -0.05) is 65.9 Å². The van der Waals surface area contributed by atoms with Gasteiger partial charge in [0.2, 0.25) is 0 Å². The molecule has 0 amide bonds.